The summed E-state index contributed by atoms with van der Waals surface area (Å²) in [6.07, 6.45) is 4.98. The molecule has 2 aromatic rings. The van der Waals surface area contributed by atoms with Gasteiger partial charge in [0.25, 0.3) is 0 Å². The Balaban J connectivity index is 1.40. The zero-order chi connectivity index (χ0) is 24.4. The average molecular weight is 485 g/mol. The largest absolute Gasteiger partial charge is 0.426 e. The minimum atomic E-state index is -1.11. The zero-order valence-electron chi connectivity index (χ0n) is 19.7. The second-order valence-electron chi connectivity index (χ2n) is 9.58. The molecule has 1 aliphatic carbocycles. The number of fused-ring (bicyclic) bond motifs is 1. The van der Waals surface area contributed by atoms with Crippen LogP contribution in [-0.4, -0.2) is 49.6 Å². The van der Waals surface area contributed by atoms with E-state index in [9.17, 15) is 18.4 Å². The highest BCUT2D eigenvalue weighted by molar-refractivity contribution is 6.09. The average Bonchev–Trinajstić information content (AvgIpc) is 3.20. The number of nitrogens with zero attached hydrogens (tertiary/aromatic N) is 1. The molecule has 0 spiro atoms. The van der Waals surface area contributed by atoms with E-state index in [-0.39, 0.29) is 29.9 Å². The van der Waals surface area contributed by atoms with Crippen LogP contribution in [0.25, 0.3) is 0 Å². The topological polar surface area (TPSA) is 67.9 Å². The predicted molar refractivity (Wildman–Crippen MR) is 126 cm³/mol. The van der Waals surface area contributed by atoms with Crippen LogP contribution < -0.4 is 10.1 Å². The van der Waals surface area contributed by atoms with Gasteiger partial charge in [-0.25, -0.2) is 8.78 Å². The van der Waals surface area contributed by atoms with E-state index < -0.39 is 17.0 Å². The second kappa shape index (κ2) is 10.0. The lowest BCUT2D eigenvalue weighted by molar-refractivity contribution is -0.135. The summed E-state index contributed by atoms with van der Waals surface area (Å²) in [4.78, 5) is 28.1. The van der Waals surface area contributed by atoms with E-state index in [1.807, 2.05) is 0 Å². The number of rotatable bonds is 6. The molecular formula is C27H30F2N2O4. The monoisotopic (exact) mass is 484 g/mol. The van der Waals surface area contributed by atoms with Crippen LogP contribution in [0.1, 0.15) is 49.7 Å². The fourth-order valence-corrected chi connectivity index (χ4v) is 5.84. The zero-order valence-corrected chi connectivity index (χ0v) is 19.7. The van der Waals surface area contributed by atoms with Crippen molar-refractivity contribution in [3.8, 4) is 5.75 Å². The standard InChI is InChI=1S/C27H30F2N2O4/c28-22-11-10-21-25(24(22)29)30-26(33)27(21,18-4-2-1-3-5-18)19-6-8-20(9-7-19)35-23(32)12-13-31-14-16-34-17-15-31/h6-11,18H,1-5,12-17H2,(H,30,33). The number of morpholine rings is 1. The van der Waals surface area contributed by atoms with E-state index >= 15 is 0 Å². The number of hydrogen-bond acceptors (Lipinski definition) is 5. The maximum Gasteiger partial charge on any atom is 0.312 e. The third-order valence-electron chi connectivity index (χ3n) is 7.61. The molecule has 5 rings (SSSR count). The van der Waals surface area contributed by atoms with Crippen LogP contribution in [0.5, 0.6) is 5.75 Å². The molecule has 3 aliphatic rings. The molecule has 8 heteroatoms. The van der Waals surface area contributed by atoms with Crippen molar-refractivity contribution in [1.82, 2.24) is 4.90 Å². The maximum atomic E-state index is 14.7. The second-order valence-corrected chi connectivity index (χ2v) is 9.58. The van der Waals surface area contributed by atoms with Crippen molar-refractivity contribution >= 4 is 17.6 Å². The van der Waals surface area contributed by atoms with E-state index in [0.717, 1.165) is 51.3 Å². The summed E-state index contributed by atoms with van der Waals surface area (Å²) in [6, 6.07) is 9.52. The molecule has 6 nitrogen and oxygen atoms in total. The molecule has 1 saturated carbocycles. The number of halogens is 2. The number of carbonyl (C=O) groups is 2. The van der Waals surface area contributed by atoms with Crippen molar-refractivity contribution < 1.29 is 27.8 Å². The van der Waals surface area contributed by atoms with E-state index in [1.54, 1.807) is 24.3 Å². The number of amides is 1. The number of ether oxygens (including phenoxy) is 2. The first-order valence-electron chi connectivity index (χ1n) is 12.4. The van der Waals surface area contributed by atoms with Gasteiger partial charge in [-0.2, -0.15) is 0 Å². The lowest BCUT2D eigenvalue weighted by Crippen LogP contribution is -2.43. The first-order valence-corrected chi connectivity index (χ1v) is 12.4. The van der Waals surface area contributed by atoms with Crippen molar-refractivity contribution in [3.05, 3.63) is 59.2 Å². The molecule has 1 N–H and O–H groups in total. The lowest BCUT2D eigenvalue weighted by atomic mass is 9.62. The fourth-order valence-electron chi connectivity index (χ4n) is 5.84. The Labute approximate surface area is 203 Å². The van der Waals surface area contributed by atoms with Crippen LogP contribution in [0.3, 0.4) is 0 Å². The van der Waals surface area contributed by atoms with Crippen molar-refractivity contribution in [2.75, 3.05) is 38.2 Å². The molecule has 0 bridgehead atoms. The Morgan fingerprint density at radius 3 is 2.49 bits per heavy atom. The summed E-state index contributed by atoms with van der Waals surface area (Å²) in [5.41, 5.74) is -0.00842. The molecule has 35 heavy (non-hydrogen) atoms. The number of carbonyl (C=O) groups excluding carboxylic acids is 2. The minimum absolute atomic E-state index is 0.0377. The summed E-state index contributed by atoms with van der Waals surface area (Å²) in [5, 5.41) is 2.64. The van der Waals surface area contributed by atoms with Gasteiger partial charge in [0.05, 0.1) is 25.3 Å². The minimum Gasteiger partial charge on any atom is -0.426 e. The Morgan fingerprint density at radius 1 is 1.06 bits per heavy atom. The predicted octanol–water partition coefficient (Wildman–Crippen LogP) is 4.41. The van der Waals surface area contributed by atoms with Gasteiger partial charge < -0.3 is 14.8 Å². The highest BCUT2D eigenvalue weighted by Crippen LogP contribution is 2.53. The van der Waals surface area contributed by atoms with Gasteiger partial charge in [-0.1, -0.05) is 37.5 Å². The smallest absolute Gasteiger partial charge is 0.312 e. The first kappa shape index (κ1) is 23.9. The summed E-state index contributed by atoms with van der Waals surface area (Å²) < 4.78 is 39.5. The van der Waals surface area contributed by atoms with Gasteiger partial charge in [-0.05, 0) is 48.1 Å². The highest BCUT2D eigenvalue weighted by Gasteiger charge is 2.54. The van der Waals surface area contributed by atoms with Gasteiger partial charge in [0.1, 0.15) is 11.2 Å². The first-order chi connectivity index (χ1) is 17.0. The third kappa shape index (κ3) is 4.45. The summed E-state index contributed by atoms with van der Waals surface area (Å²) in [7, 11) is 0. The molecule has 2 heterocycles. The Kier molecular flexibility index (Phi) is 6.84. The van der Waals surface area contributed by atoms with Gasteiger partial charge in [-0.3, -0.25) is 14.5 Å². The van der Waals surface area contributed by atoms with Gasteiger partial charge in [0.2, 0.25) is 5.91 Å². The summed E-state index contributed by atoms with van der Waals surface area (Å²) in [6.45, 7) is 3.57. The van der Waals surface area contributed by atoms with Crippen LogP contribution >= 0.6 is 0 Å². The van der Waals surface area contributed by atoms with E-state index in [4.69, 9.17) is 9.47 Å². The molecular weight excluding hydrogens is 454 g/mol. The van der Waals surface area contributed by atoms with Gasteiger partial charge >= 0.3 is 5.97 Å². The maximum absolute atomic E-state index is 14.7. The molecule has 186 valence electrons. The molecule has 0 radical (unpaired) electrons. The Morgan fingerprint density at radius 2 is 1.77 bits per heavy atom. The number of benzene rings is 2. The van der Waals surface area contributed by atoms with Gasteiger partial charge in [-0.15, -0.1) is 0 Å². The third-order valence-corrected chi connectivity index (χ3v) is 7.61. The van der Waals surface area contributed by atoms with Crippen LogP contribution in [0.2, 0.25) is 0 Å². The molecule has 1 unspecified atom stereocenters. The van der Waals surface area contributed by atoms with E-state index in [0.29, 0.717) is 36.6 Å². The molecule has 2 aromatic carbocycles. The summed E-state index contributed by atoms with van der Waals surface area (Å²) in [5.74, 6) is -2.32. The van der Waals surface area contributed by atoms with Crippen LogP contribution in [0, 0.1) is 17.6 Å². The lowest BCUT2D eigenvalue weighted by Gasteiger charge is -2.39. The quantitative estimate of drug-likeness (QED) is 0.486. The molecule has 2 fully saturated rings. The number of anilines is 1. The molecule has 1 amide bonds. The normalized spacial score (nSPS) is 23.1. The SMILES string of the molecule is O=C(CCN1CCOCC1)Oc1ccc(C2(C3CCCCC3)C(=O)Nc3c2ccc(F)c3F)cc1. The number of esters is 1. The van der Waals surface area contributed by atoms with Crippen LogP contribution in [0.15, 0.2) is 36.4 Å². The fraction of sp³-hybridized carbons (Fsp3) is 0.481. The van der Waals surface area contributed by atoms with Crippen molar-refractivity contribution in [1.29, 1.82) is 0 Å². The van der Waals surface area contributed by atoms with Crippen molar-refractivity contribution in [2.45, 2.75) is 43.9 Å². The summed E-state index contributed by atoms with van der Waals surface area (Å²) >= 11 is 0. The molecule has 2 aliphatic heterocycles. The molecule has 1 atom stereocenters. The number of nitrogens with one attached hydrogen (secondary N) is 1. The molecule has 0 aromatic heterocycles. The van der Waals surface area contributed by atoms with E-state index in [2.05, 4.69) is 10.2 Å². The number of hydrogen-bond donors (Lipinski definition) is 1. The van der Waals surface area contributed by atoms with Crippen molar-refractivity contribution in [2.24, 2.45) is 5.92 Å². The van der Waals surface area contributed by atoms with Crippen LogP contribution in [-0.2, 0) is 19.7 Å². The van der Waals surface area contributed by atoms with Gasteiger partial charge in [0, 0.05) is 19.6 Å². The van der Waals surface area contributed by atoms with Crippen LogP contribution in [0.4, 0.5) is 14.5 Å². The Bertz CT molecular complexity index is 1100. The van der Waals surface area contributed by atoms with E-state index in [1.165, 1.54) is 6.07 Å². The Hall–Kier alpha value is -2.84. The highest BCUT2D eigenvalue weighted by atomic mass is 19.2. The molecule has 1 saturated heterocycles. The van der Waals surface area contributed by atoms with Gasteiger partial charge in [0.15, 0.2) is 11.6 Å². The van der Waals surface area contributed by atoms with Crippen molar-refractivity contribution in [3.63, 3.8) is 0 Å².